The third kappa shape index (κ3) is 3.37. The van der Waals surface area contributed by atoms with Gasteiger partial charge in [-0.05, 0) is 68.3 Å². The van der Waals surface area contributed by atoms with E-state index < -0.39 is 0 Å². The average molecular weight is 260 g/mol. The molecule has 0 spiro atoms. The summed E-state index contributed by atoms with van der Waals surface area (Å²) in [4.78, 5) is 2.58. The molecule has 2 heteroatoms. The van der Waals surface area contributed by atoms with Crippen LogP contribution in [-0.2, 0) is 6.54 Å². The van der Waals surface area contributed by atoms with Gasteiger partial charge in [-0.1, -0.05) is 19.1 Å². The Morgan fingerprint density at radius 3 is 2.53 bits per heavy atom. The summed E-state index contributed by atoms with van der Waals surface area (Å²) in [6.07, 6.45) is 2.56. The van der Waals surface area contributed by atoms with E-state index in [-0.39, 0.29) is 0 Å². The zero-order valence-electron chi connectivity index (χ0n) is 12.9. The molecule has 1 aliphatic rings. The van der Waals surface area contributed by atoms with Crippen LogP contribution in [0.4, 0.5) is 0 Å². The predicted octanol–water partition coefficient (Wildman–Crippen LogP) is 3.17. The second kappa shape index (κ2) is 6.06. The van der Waals surface area contributed by atoms with Crippen molar-refractivity contribution < 1.29 is 0 Å². The smallest absolute Gasteiger partial charge is 0.0239 e. The Labute approximate surface area is 118 Å². The average Bonchev–Trinajstić information content (AvgIpc) is 2.37. The molecular formula is C17H28N2. The van der Waals surface area contributed by atoms with Gasteiger partial charge >= 0.3 is 0 Å². The molecular weight excluding hydrogens is 232 g/mol. The van der Waals surface area contributed by atoms with Gasteiger partial charge in [-0.15, -0.1) is 0 Å². The van der Waals surface area contributed by atoms with Crippen LogP contribution in [0.3, 0.4) is 0 Å². The second-order valence-electron chi connectivity index (χ2n) is 6.35. The van der Waals surface area contributed by atoms with Crippen LogP contribution in [-0.4, -0.2) is 24.0 Å². The van der Waals surface area contributed by atoms with Crippen molar-refractivity contribution in [3.63, 3.8) is 0 Å². The number of nitrogens with two attached hydrogens (primary N) is 1. The third-order valence-electron chi connectivity index (χ3n) is 4.70. The summed E-state index contributed by atoms with van der Waals surface area (Å²) in [5.41, 5.74) is 11.6. The van der Waals surface area contributed by atoms with Crippen molar-refractivity contribution in [1.29, 1.82) is 0 Å². The minimum absolute atomic E-state index is 0.560. The van der Waals surface area contributed by atoms with Gasteiger partial charge in [-0.25, -0.2) is 0 Å². The van der Waals surface area contributed by atoms with E-state index in [1.807, 2.05) is 0 Å². The normalized spacial score (nSPS) is 24.7. The summed E-state index contributed by atoms with van der Waals surface area (Å²) < 4.78 is 0. The first-order valence-electron chi connectivity index (χ1n) is 7.52. The van der Waals surface area contributed by atoms with Crippen molar-refractivity contribution in [2.75, 3.05) is 13.1 Å². The molecule has 0 radical (unpaired) electrons. The molecule has 0 saturated carbocycles. The number of nitrogens with zero attached hydrogens (tertiary/aromatic N) is 1. The first-order valence-corrected chi connectivity index (χ1v) is 7.52. The fraction of sp³-hybridized carbons (Fsp3) is 0.647. The number of aryl methyl sites for hydroxylation is 3. The zero-order valence-corrected chi connectivity index (χ0v) is 12.9. The van der Waals surface area contributed by atoms with Crippen LogP contribution in [0.25, 0.3) is 0 Å². The lowest BCUT2D eigenvalue weighted by Crippen LogP contribution is -2.45. The highest BCUT2D eigenvalue weighted by Crippen LogP contribution is 2.25. The number of hydrogen-bond donors (Lipinski definition) is 1. The molecule has 2 nitrogen and oxygen atoms in total. The van der Waals surface area contributed by atoms with E-state index in [9.17, 15) is 0 Å². The molecule has 0 amide bonds. The van der Waals surface area contributed by atoms with Crippen molar-refractivity contribution in [3.05, 3.63) is 34.4 Å². The fourth-order valence-corrected chi connectivity index (χ4v) is 3.16. The molecule has 0 aliphatic carbocycles. The molecule has 0 aromatic heterocycles. The van der Waals surface area contributed by atoms with Gasteiger partial charge in [0.05, 0.1) is 0 Å². The van der Waals surface area contributed by atoms with E-state index in [0.717, 1.165) is 19.0 Å². The third-order valence-corrected chi connectivity index (χ3v) is 4.70. The van der Waals surface area contributed by atoms with Gasteiger partial charge < -0.3 is 5.73 Å². The number of hydrogen-bond acceptors (Lipinski definition) is 2. The van der Waals surface area contributed by atoms with E-state index in [4.69, 9.17) is 5.73 Å². The Bertz CT molecular complexity index is 439. The maximum Gasteiger partial charge on any atom is 0.0239 e. The second-order valence-corrected chi connectivity index (χ2v) is 6.35. The first kappa shape index (κ1) is 14.5. The van der Waals surface area contributed by atoms with E-state index in [2.05, 4.69) is 44.7 Å². The van der Waals surface area contributed by atoms with Crippen LogP contribution < -0.4 is 5.73 Å². The van der Waals surface area contributed by atoms with E-state index >= 15 is 0 Å². The van der Waals surface area contributed by atoms with Crippen LogP contribution in [0.2, 0.25) is 0 Å². The van der Waals surface area contributed by atoms with Gasteiger partial charge in [0.1, 0.15) is 0 Å². The molecule has 2 atom stereocenters. The molecule has 1 saturated heterocycles. The summed E-state index contributed by atoms with van der Waals surface area (Å²) in [5, 5.41) is 0. The molecule has 1 aromatic rings. The van der Waals surface area contributed by atoms with Crippen molar-refractivity contribution >= 4 is 0 Å². The monoisotopic (exact) mass is 260 g/mol. The number of piperidine rings is 1. The standard InChI is InChI=1S/C17H28N2/c1-12-5-6-19(17(7-12)10-18)11-16-9-14(3)13(2)8-15(16)4/h8-9,12,17H,5-7,10-11,18H2,1-4H3. The Hall–Kier alpha value is -0.860. The summed E-state index contributed by atoms with van der Waals surface area (Å²) in [5.74, 6) is 0.825. The fourth-order valence-electron chi connectivity index (χ4n) is 3.16. The Morgan fingerprint density at radius 1 is 1.16 bits per heavy atom. The summed E-state index contributed by atoms with van der Waals surface area (Å²) in [6.45, 7) is 12.0. The molecule has 106 valence electrons. The first-order chi connectivity index (χ1) is 9.01. The van der Waals surface area contributed by atoms with E-state index in [1.54, 1.807) is 0 Å². The van der Waals surface area contributed by atoms with Crippen LogP contribution in [0.5, 0.6) is 0 Å². The molecule has 2 unspecified atom stereocenters. The molecule has 2 N–H and O–H groups in total. The summed E-state index contributed by atoms with van der Waals surface area (Å²) in [6, 6.07) is 5.23. The van der Waals surface area contributed by atoms with Gasteiger partial charge in [0.15, 0.2) is 0 Å². The minimum atomic E-state index is 0.560. The maximum absolute atomic E-state index is 5.96. The molecule has 0 bridgehead atoms. The lowest BCUT2D eigenvalue weighted by Gasteiger charge is -2.38. The SMILES string of the molecule is Cc1cc(C)c(CN2CCC(C)CC2CN)cc1C. The quantitative estimate of drug-likeness (QED) is 0.904. The van der Waals surface area contributed by atoms with Crippen molar-refractivity contribution in [2.24, 2.45) is 11.7 Å². The van der Waals surface area contributed by atoms with Crippen LogP contribution in [0, 0.1) is 26.7 Å². The van der Waals surface area contributed by atoms with Gasteiger partial charge in [0.2, 0.25) is 0 Å². The zero-order chi connectivity index (χ0) is 14.0. The molecule has 2 rings (SSSR count). The van der Waals surface area contributed by atoms with Crippen molar-refractivity contribution in [1.82, 2.24) is 4.90 Å². The van der Waals surface area contributed by atoms with Crippen LogP contribution in [0.1, 0.15) is 42.0 Å². The highest BCUT2D eigenvalue weighted by Gasteiger charge is 2.25. The summed E-state index contributed by atoms with van der Waals surface area (Å²) in [7, 11) is 0. The lowest BCUT2D eigenvalue weighted by atomic mass is 9.91. The Balaban J connectivity index is 2.14. The lowest BCUT2D eigenvalue weighted by molar-refractivity contribution is 0.115. The van der Waals surface area contributed by atoms with E-state index in [1.165, 1.54) is 41.6 Å². The van der Waals surface area contributed by atoms with Gasteiger partial charge in [0.25, 0.3) is 0 Å². The highest BCUT2D eigenvalue weighted by molar-refractivity contribution is 5.36. The Kier molecular flexibility index (Phi) is 4.64. The topological polar surface area (TPSA) is 29.3 Å². The molecule has 1 aromatic carbocycles. The number of benzene rings is 1. The maximum atomic E-state index is 5.96. The molecule has 1 fully saturated rings. The van der Waals surface area contributed by atoms with Crippen LogP contribution >= 0.6 is 0 Å². The Morgan fingerprint density at radius 2 is 1.84 bits per heavy atom. The van der Waals surface area contributed by atoms with Gasteiger partial charge in [0, 0.05) is 19.1 Å². The summed E-state index contributed by atoms with van der Waals surface area (Å²) >= 11 is 0. The largest absolute Gasteiger partial charge is 0.329 e. The van der Waals surface area contributed by atoms with E-state index in [0.29, 0.717) is 6.04 Å². The van der Waals surface area contributed by atoms with Gasteiger partial charge in [-0.3, -0.25) is 4.90 Å². The highest BCUT2D eigenvalue weighted by atomic mass is 15.2. The van der Waals surface area contributed by atoms with Crippen molar-refractivity contribution in [2.45, 2.75) is 53.1 Å². The van der Waals surface area contributed by atoms with Gasteiger partial charge in [-0.2, -0.15) is 0 Å². The predicted molar refractivity (Wildman–Crippen MR) is 82.3 cm³/mol. The minimum Gasteiger partial charge on any atom is -0.329 e. The molecule has 19 heavy (non-hydrogen) atoms. The van der Waals surface area contributed by atoms with Crippen molar-refractivity contribution in [3.8, 4) is 0 Å². The van der Waals surface area contributed by atoms with Crippen LogP contribution in [0.15, 0.2) is 12.1 Å². The molecule has 1 heterocycles. The number of rotatable bonds is 3. The molecule has 1 aliphatic heterocycles. The number of likely N-dealkylation sites (tertiary alicyclic amines) is 1.